The Kier molecular flexibility index (Phi) is 3.99. The fraction of sp³-hybridized carbons (Fsp3) is 0.250. The molecular formula is C12H14N4O. The van der Waals surface area contributed by atoms with E-state index in [4.69, 9.17) is 4.74 Å². The smallest absolute Gasteiger partial charge is 0.217 e. The molecule has 0 aliphatic heterocycles. The maximum atomic E-state index is 5.17. The van der Waals surface area contributed by atoms with E-state index < -0.39 is 0 Å². The number of hydrogen-bond donors (Lipinski definition) is 1. The molecule has 17 heavy (non-hydrogen) atoms. The minimum absolute atomic E-state index is 0.624. The summed E-state index contributed by atoms with van der Waals surface area (Å²) in [6.45, 7) is 1.30. The molecule has 0 aliphatic carbocycles. The molecule has 0 saturated carbocycles. The Balaban J connectivity index is 1.90. The van der Waals surface area contributed by atoms with Crippen LogP contribution < -0.4 is 10.1 Å². The topological polar surface area (TPSA) is 59.9 Å². The van der Waals surface area contributed by atoms with Crippen LogP contribution in [-0.2, 0) is 13.1 Å². The van der Waals surface area contributed by atoms with Crippen molar-refractivity contribution in [1.29, 1.82) is 0 Å². The second-order valence-electron chi connectivity index (χ2n) is 3.44. The molecule has 0 atom stereocenters. The van der Waals surface area contributed by atoms with E-state index >= 15 is 0 Å². The SMILES string of the molecule is COc1ncccc1CNCc1ncccn1. The predicted molar refractivity (Wildman–Crippen MR) is 63.4 cm³/mol. The molecule has 5 heteroatoms. The zero-order valence-electron chi connectivity index (χ0n) is 9.63. The average molecular weight is 230 g/mol. The molecule has 2 heterocycles. The Bertz CT molecular complexity index is 461. The van der Waals surface area contributed by atoms with E-state index in [-0.39, 0.29) is 0 Å². The van der Waals surface area contributed by atoms with E-state index in [1.54, 1.807) is 31.8 Å². The predicted octanol–water partition coefficient (Wildman–Crippen LogP) is 1.17. The summed E-state index contributed by atoms with van der Waals surface area (Å²) in [6.07, 6.45) is 5.17. The molecule has 2 rings (SSSR count). The van der Waals surface area contributed by atoms with Gasteiger partial charge in [-0.25, -0.2) is 15.0 Å². The van der Waals surface area contributed by atoms with Crippen LogP contribution >= 0.6 is 0 Å². The summed E-state index contributed by atoms with van der Waals surface area (Å²) in [7, 11) is 1.62. The fourth-order valence-corrected chi connectivity index (χ4v) is 1.47. The Morgan fingerprint density at radius 3 is 2.59 bits per heavy atom. The van der Waals surface area contributed by atoms with Gasteiger partial charge in [0.2, 0.25) is 5.88 Å². The highest BCUT2D eigenvalue weighted by Crippen LogP contribution is 2.12. The molecule has 0 aromatic carbocycles. The first-order valence-electron chi connectivity index (χ1n) is 5.34. The number of ether oxygens (including phenoxy) is 1. The number of methoxy groups -OCH3 is 1. The van der Waals surface area contributed by atoms with E-state index in [1.165, 1.54) is 0 Å². The summed E-state index contributed by atoms with van der Waals surface area (Å²) in [6, 6.07) is 5.66. The summed E-state index contributed by atoms with van der Waals surface area (Å²) < 4.78 is 5.17. The molecule has 0 fully saturated rings. The maximum Gasteiger partial charge on any atom is 0.217 e. The van der Waals surface area contributed by atoms with Gasteiger partial charge in [-0.2, -0.15) is 0 Å². The Morgan fingerprint density at radius 2 is 1.82 bits per heavy atom. The van der Waals surface area contributed by atoms with Gasteiger partial charge < -0.3 is 10.1 Å². The van der Waals surface area contributed by atoms with E-state index in [2.05, 4.69) is 20.3 Å². The van der Waals surface area contributed by atoms with Crippen LogP contribution in [0.15, 0.2) is 36.8 Å². The molecule has 0 bridgehead atoms. The minimum atomic E-state index is 0.624. The highest BCUT2D eigenvalue weighted by atomic mass is 16.5. The first kappa shape index (κ1) is 11.5. The zero-order chi connectivity index (χ0) is 11.9. The molecule has 1 N–H and O–H groups in total. The van der Waals surface area contributed by atoms with Crippen LogP contribution in [0.3, 0.4) is 0 Å². The Labute approximate surface area is 99.9 Å². The van der Waals surface area contributed by atoms with Crippen molar-refractivity contribution in [3.8, 4) is 5.88 Å². The van der Waals surface area contributed by atoms with Gasteiger partial charge in [-0.1, -0.05) is 6.07 Å². The lowest BCUT2D eigenvalue weighted by molar-refractivity contribution is 0.390. The molecule has 0 amide bonds. The number of aromatic nitrogens is 3. The van der Waals surface area contributed by atoms with Crippen molar-refractivity contribution >= 4 is 0 Å². The molecule has 2 aromatic heterocycles. The van der Waals surface area contributed by atoms with Crippen molar-refractivity contribution in [3.05, 3.63) is 48.2 Å². The summed E-state index contributed by atoms with van der Waals surface area (Å²) in [5.41, 5.74) is 1.02. The van der Waals surface area contributed by atoms with E-state index in [1.807, 2.05) is 12.1 Å². The summed E-state index contributed by atoms with van der Waals surface area (Å²) in [5.74, 6) is 1.42. The molecule has 0 radical (unpaired) electrons. The molecular weight excluding hydrogens is 216 g/mol. The highest BCUT2D eigenvalue weighted by molar-refractivity contribution is 5.24. The molecule has 88 valence electrons. The van der Waals surface area contributed by atoms with Crippen LogP contribution in [0.4, 0.5) is 0 Å². The van der Waals surface area contributed by atoms with Crippen LogP contribution in [0.1, 0.15) is 11.4 Å². The lowest BCUT2D eigenvalue weighted by Crippen LogP contribution is -2.15. The van der Waals surface area contributed by atoms with Crippen LogP contribution in [0, 0.1) is 0 Å². The third-order valence-corrected chi connectivity index (χ3v) is 2.26. The van der Waals surface area contributed by atoms with Gasteiger partial charge in [0.25, 0.3) is 0 Å². The van der Waals surface area contributed by atoms with Crippen molar-refractivity contribution in [1.82, 2.24) is 20.3 Å². The summed E-state index contributed by atoms with van der Waals surface area (Å²) >= 11 is 0. The van der Waals surface area contributed by atoms with Crippen molar-refractivity contribution in [3.63, 3.8) is 0 Å². The molecule has 0 aliphatic rings. The maximum absolute atomic E-state index is 5.17. The van der Waals surface area contributed by atoms with Crippen molar-refractivity contribution in [2.24, 2.45) is 0 Å². The van der Waals surface area contributed by atoms with Gasteiger partial charge in [0.1, 0.15) is 5.82 Å². The van der Waals surface area contributed by atoms with Crippen LogP contribution in [0.5, 0.6) is 5.88 Å². The quantitative estimate of drug-likeness (QED) is 0.835. The molecule has 2 aromatic rings. The minimum Gasteiger partial charge on any atom is -0.481 e. The van der Waals surface area contributed by atoms with Gasteiger partial charge in [0, 0.05) is 30.7 Å². The second-order valence-corrected chi connectivity index (χ2v) is 3.44. The van der Waals surface area contributed by atoms with Crippen molar-refractivity contribution in [2.75, 3.05) is 7.11 Å². The van der Waals surface area contributed by atoms with E-state index in [0.717, 1.165) is 11.4 Å². The monoisotopic (exact) mass is 230 g/mol. The third kappa shape index (κ3) is 3.22. The van der Waals surface area contributed by atoms with E-state index in [0.29, 0.717) is 19.0 Å². The van der Waals surface area contributed by atoms with Gasteiger partial charge in [-0.05, 0) is 12.1 Å². The number of nitrogens with zero attached hydrogens (tertiary/aromatic N) is 3. The Hall–Kier alpha value is -2.01. The lowest BCUT2D eigenvalue weighted by atomic mass is 10.2. The number of pyridine rings is 1. The first-order valence-corrected chi connectivity index (χ1v) is 5.34. The van der Waals surface area contributed by atoms with Gasteiger partial charge in [-0.3, -0.25) is 0 Å². The Morgan fingerprint density at radius 1 is 1.06 bits per heavy atom. The largest absolute Gasteiger partial charge is 0.481 e. The van der Waals surface area contributed by atoms with Gasteiger partial charge >= 0.3 is 0 Å². The van der Waals surface area contributed by atoms with Crippen molar-refractivity contribution < 1.29 is 4.74 Å². The van der Waals surface area contributed by atoms with Crippen LogP contribution in [0.25, 0.3) is 0 Å². The zero-order valence-corrected chi connectivity index (χ0v) is 9.63. The number of rotatable bonds is 5. The third-order valence-electron chi connectivity index (χ3n) is 2.26. The van der Waals surface area contributed by atoms with Gasteiger partial charge in [0.15, 0.2) is 0 Å². The summed E-state index contributed by atoms with van der Waals surface area (Å²) in [5, 5.41) is 3.25. The second kappa shape index (κ2) is 5.91. The number of hydrogen-bond acceptors (Lipinski definition) is 5. The van der Waals surface area contributed by atoms with Gasteiger partial charge in [0.05, 0.1) is 13.7 Å². The van der Waals surface area contributed by atoms with Gasteiger partial charge in [-0.15, -0.1) is 0 Å². The average Bonchev–Trinajstić information content (AvgIpc) is 2.40. The number of nitrogens with one attached hydrogen (secondary N) is 1. The molecule has 0 saturated heterocycles. The standard InChI is InChI=1S/C12H14N4O/c1-17-12-10(4-2-5-16-12)8-13-9-11-14-6-3-7-15-11/h2-7,13H,8-9H2,1H3. The van der Waals surface area contributed by atoms with Crippen molar-refractivity contribution in [2.45, 2.75) is 13.1 Å². The van der Waals surface area contributed by atoms with Crippen LogP contribution in [0.2, 0.25) is 0 Å². The molecule has 0 spiro atoms. The highest BCUT2D eigenvalue weighted by Gasteiger charge is 2.02. The van der Waals surface area contributed by atoms with E-state index in [9.17, 15) is 0 Å². The summed E-state index contributed by atoms with van der Waals surface area (Å²) in [4.78, 5) is 12.4. The fourth-order valence-electron chi connectivity index (χ4n) is 1.47. The lowest BCUT2D eigenvalue weighted by Gasteiger charge is -2.07. The molecule has 5 nitrogen and oxygen atoms in total. The molecule has 0 unspecified atom stereocenters. The first-order chi connectivity index (χ1) is 8.40. The van der Waals surface area contributed by atoms with Crippen LogP contribution in [-0.4, -0.2) is 22.1 Å². The normalized spacial score (nSPS) is 10.2.